The molecule has 1 aromatic heterocycles. The van der Waals surface area contributed by atoms with Crippen LogP contribution in [0.15, 0.2) is 60.8 Å². The first-order valence-corrected chi connectivity index (χ1v) is 11.4. The van der Waals surface area contributed by atoms with Gasteiger partial charge in [-0.25, -0.2) is 4.98 Å². The Bertz CT molecular complexity index is 1050. The number of nitrogens with one attached hydrogen (secondary N) is 2. The number of halogens is 1. The molecule has 3 aromatic rings. The predicted octanol–water partition coefficient (Wildman–Crippen LogP) is 4.90. The fourth-order valence-corrected chi connectivity index (χ4v) is 4.58. The number of anilines is 2. The summed E-state index contributed by atoms with van der Waals surface area (Å²) in [5.41, 5.74) is 1.96. The van der Waals surface area contributed by atoms with Crippen LogP contribution in [-0.4, -0.2) is 40.8 Å². The molecule has 0 atom stereocenters. The lowest BCUT2D eigenvalue weighted by atomic mass is 10.0. The zero-order valence-corrected chi connectivity index (χ0v) is 18.5. The van der Waals surface area contributed by atoms with Crippen LogP contribution in [0.2, 0.25) is 5.02 Å². The zero-order chi connectivity index (χ0) is 21.6. The zero-order valence-electron chi connectivity index (χ0n) is 16.9. The van der Waals surface area contributed by atoms with Crippen LogP contribution in [0, 0.1) is 0 Å². The van der Waals surface area contributed by atoms with Gasteiger partial charge in [0.05, 0.1) is 15.6 Å². The smallest absolute Gasteiger partial charge is 0.235 e. The lowest BCUT2D eigenvalue weighted by Gasteiger charge is -2.33. The van der Waals surface area contributed by atoms with Gasteiger partial charge in [0.1, 0.15) is 6.42 Å². The number of amides is 2. The van der Waals surface area contributed by atoms with Gasteiger partial charge in [0.2, 0.25) is 11.8 Å². The van der Waals surface area contributed by atoms with Gasteiger partial charge in [-0.05, 0) is 30.5 Å². The lowest BCUT2D eigenvalue weighted by Crippen LogP contribution is -2.43. The summed E-state index contributed by atoms with van der Waals surface area (Å²) in [5, 5.41) is 7.37. The van der Waals surface area contributed by atoms with Crippen LogP contribution in [0.4, 0.5) is 10.8 Å². The number of thiazole rings is 1. The van der Waals surface area contributed by atoms with Crippen molar-refractivity contribution in [2.24, 2.45) is 0 Å². The first-order valence-electron chi connectivity index (χ1n) is 10.2. The highest BCUT2D eigenvalue weighted by Gasteiger charge is 2.24. The average Bonchev–Trinajstić information content (AvgIpc) is 3.25. The van der Waals surface area contributed by atoms with Crippen LogP contribution in [0.3, 0.4) is 0 Å². The van der Waals surface area contributed by atoms with Gasteiger partial charge in [-0.1, -0.05) is 65.4 Å². The number of likely N-dealkylation sites (tertiary alicyclic amines) is 1. The Balaban J connectivity index is 1.24. The number of para-hydroxylation sites is 1. The van der Waals surface area contributed by atoms with Gasteiger partial charge in [0.15, 0.2) is 5.13 Å². The maximum Gasteiger partial charge on any atom is 0.235 e. The SMILES string of the molecule is O=C(CC(=O)N1CCC(Nc2ccccc2Cl)CC1)Nc1ncc(-c2ccccc2)s1. The maximum atomic E-state index is 12.6. The van der Waals surface area contributed by atoms with E-state index in [0.29, 0.717) is 23.2 Å². The molecule has 6 nitrogen and oxygen atoms in total. The molecule has 0 spiro atoms. The molecule has 1 fully saturated rings. The van der Waals surface area contributed by atoms with Crippen molar-refractivity contribution in [2.75, 3.05) is 23.7 Å². The third-order valence-electron chi connectivity index (χ3n) is 5.20. The molecule has 4 rings (SSSR count). The molecule has 0 saturated carbocycles. The Morgan fingerprint density at radius 1 is 1.06 bits per heavy atom. The Kier molecular flexibility index (Phi) is 6.84. The third-order valence-corrected chi connectivity index (χ3v) is 6.49. The van der Waals surface area contributed by atoms with Crippen LogP contribution < -0.4 is 10.6 Å². The fraction of sp³-hybridized carbons (Fsp3) is 0.261. The van der Waals surface area contributed by atoms with E-state index < -0.39 is 0 Å². The van der Waals surface area contributed by atoms with E-state index >= 15 is 0 Å². The van der Waals surface area contributed by atoms with Gasteiger partial charge in [-0.15, -0.1) is 0 Å². The molecule has 1 aliphatic rings. The molecule has 0 radical (unpaired) electrons. The molecule has 8 heteroatoms. The quantitative estimate of drug-likeness (QED) is 0.520. The van der Waals surface area contributed by atoms with Crippen molar-refractivity contribution < 1.29 is 9.59 Å². The number of benzene rings is 2. The van der Waals surface area contributed by atoms with Crippen molar-refractivity contribution in [3.8, 4) is 10.4 Å². The van der Waals surface area contributed by atoms with Crippen LogP contribution in [0.25, 0.3) is 10.4 Å². The summed E-state index contributed by atoms with van der Waals surface area (Å²) in [5.74, 6) is -0.496. The van der Waals surface area contributed by atoms with Gasteiger partial charge < -0.3 is 15.5 Å². The Labute approximate surface area is 190 Å². The van der Waals surface area contributed by atoms with Gasteiger partial charge in [-0.2, -0.15) is 0 Å². The second-order valence-corrected chi connectivity index (χ2v) is 8.84. The van der Waals surface area contributed by atoms with Crippen molar-refractivity contribution in [2.45, 2.75) is 25.3 Å². The number of hydrogen-bond acceptors (Lipinski definition) is 5. The van der Waals surface area contributed by atoms with Gasteiger partial charge >= 0.3 is 0 Å². The molecular weight excluding hydrogens is 432 g/mol. The summed E-state index contributed by atoms with van der Waals surface area (Å²) >= 11 is 7.60. The molecule has 160 valence electrons. The maximum absolute atomic E-state index is 12.6. The molecular formula is C23H23ClN4O2S. The number of carbonyl (C=O) groups excluding carboxylic acids is 2. The van der Waals surface area contributed by atoms with Crippen molar-refractivity contribution in [1.82, 2.24) is 9.88 Å². The molecule has 2 N–H and O–H groups in total. The topological polar surface area (TPSA) is 74.3 Å². The monoisotopic (exact) mass is 454 g/mol. The van der Waals surface area contributed by atoms with E-state index in [0.717, 1.165) is 29.0 Å². The lowest BCUT2D eigenvalue weighted by molar-refractivity contribution is -0.135. The first-order chi connectivity index (χ1) is 15.1. The predicted molar refractivity (Wildman–Crippen MR) is 125 cm³/mol. The summed E-state index contributed by atoms with van der Waals surface area (Å²) in [6.07, 6.45) is 3.17. The van der Waals surface area contributed by atoms with E-state index in [1.807, 2.05) is 54.6 Å². The second-order valence-electron chi connectivity index (χ2n) is 7.40. The molecule has 2 amide bonds. The first kappa shape index (κ1) is 21.3. The van der Waals surface area contributed by atoms with E-state index in [-0.39, 0.29) is 24.3 Å². The van der Waals surface area contributed by atoms with E-state index in [1.165, 1.54) is 11.3 Å². The van der Waals surface area contributed by atoms with E-state index in [9.17, 15) is 9.59 Å². The highest BCUT2D eigenvalue weighted by molar-refractivity contribution is 7.19. The minimum absolute atomic E-state index is 0.159. The molecule has 2 heterocycles. The number of piperidine rings is 1. The second kappa shape index (κ2) is 9.94. The minimum atomic E-state index is -0.338. The molecule has 1 saturated heterocycles. The fourth-order valence-electron chi connectivity index (χ4n) is 3.55. The van der Waals surface area contributed by atoms with Gasteiger partial charge in [0, 0.05) is 25.3 Å². The summed E-state index contributed by atoms with van der Waals surface area (Å²) < 4.78 is 0. The summed E-state index contributed by atoms with van der Waals surface area (Å²) in [6.45, 7) is 1.23. The van der Waals surface area contributed by atoms with Crippen molar-refractivity contribution in [3.05, 3.63) is 65.8 Å². The van der Waals surface area contributed by atoms with Crippen molar-refractivity contribution in [1.29, 1.82) is 0 Å². The third kappa shape index (κ3) is 5.62. The van der Waals surface area contributed by atoms with Crippen LogP contribution in [0.1, 0.15) is 19.3 Å². The van der Waals surface area contributed by atoms with Gasteiger partial charge in [0.25, 0.3) is 0 Å². The normalized spacial score (nSPS) is 14.3. The van der Waals surface area contributed by atoms with E-state index in [1.54, 1.807) is 11.1 Å². The number of carbonyl (C=O) groups is 2. The van der Waals surface area contributed by atoms with E-state index in [4.69, 9.17) is 11.6 Å². The summed E-state index contributed by atoms with van der Waals surface area (Å²) in [7, 11) is 0. The van der Waals surface area contributed by atoms with Crippen molar-refractivity contribution >= 4 is 45.6 Å². The summed E-state index contributed by atoms with van der Waals surface area (Å²) in [6, 6.07) is 17.7. The standard InChI is InChI=1S/C23H23ClN4O2S/c24-18-8-4-5-9-19(18)26-17-10-12-28(13-11-17)22(30)14-21(29)27-23-25-15-20(31-23)16-6-2-1-3-7-16/h1-9,15,17,26H,10-14H2,(H,25,27,29). The minimum Gasteiger partial charge on any atom is -0.381 e. The summed E-state index contributed by atoms with van der Waals surface area (Å²) in [4.78, 5) is 31.9. The number of nitrogens with zero attached hydrogens (tertiary/aromatic N) is 2. The molecule has 0 bridgehead atoms. The molecule has 0 aliphatic carbocycles. The van der Waals surface area contributed by atoms with E-state index in [2.05, 4.69) is 15.6 Å². The molecule has 0 unspecified atom stereocenters. The Hall–Kier alpha value is -2.90. The van der Waals surface area contributed by atoms with Crippen molar-refractivity contribution in [3.63, 3.8) is 0 Å². The molecule has 1 aliphatic heterocycles. The number of rotatable bonds is 6. The highest BCUT2D eigenvalue weighted by atomic mass is 35.5. The molecule has 31 heavy (non-hydrogen) atoms. The highest BCUT2D eigenvalue weighted by Crippen LogP contribution is 2.29. The van der Waals surface area contributed by atoms with Crippen LogP contribution in [0.5, 0.6) is 0 Å². The van der Waals surface area contributed by atoms with Crippen LogP contribution >= 0.6 is 22.9 Å². The number of hydrogen-bond donors (Lipinski definition) is 2. The largest absolute Gasteiger partial charge is 0.381 e. The average molecular weight is 455 g/mol. The Morgan fingerprint density at radius 3 is 2.52 bits per heavy atom. The number of aromatic nitrogens is 1. The van der Waals surface area contributed by atoms with Crippen LogP contribution in [-0.2, 0) is 9.59 Å². The van der Waals surface area contributed by atoms with Gasteiger partial charge in [-0.3, -0.25) is 9.59 Å². The Morgan fingerprint density at radius 2 is 1.77 bits per heavy atom. The molecule has 2 aromatic carbocycles.